The van der Waals surface area contributed by atoms with Crippen LogP contribution in [0.3, 0.4) is 0 Å². The number of non-ortho nitro benzene ring substituents is 1. The van der Waals surface area contributed by atoms with E-state index < -0.39 is 62.9 Å². The number of carbonyl (C=O) groups excluding carboxylic acids is 3. The van der Waals surface area contributed by atoms with E-state index in [2.05, 4.69) is 10.2 Å². The fourth-order valence-corrected chi connectivity index (χ4v) is 8.96. The summed E-state index contributed by atoms with van der Waals surface area (Å²) in [6.45, 7) is 5.01. The van der Waals surface area contributed by atoms with Gasteiger partial charge in [0, 0.05) is 47.4 Å². The number of benzene rings is 3. The minimum absolute atomic E-state index is 0.105. The monoisotopic (exact) mass is 711 g/mol. The zero-order valence-electron chi connectivity index (χ0n) is 26.0. The van der Waals surface area contributed by atoms with Crippen molar-refractivity contribution in [2.75, 3.05) is 28.2 Å². The largest absolute Gasteiger partial charge is 0.416 e. The van der Waals surface area contributed by atoms with Gasteiger partial charge in [-0.25, -0.2) is 4.90 Å². The van der Waals surface area contributed by atoms with E-state index in [0.29, 0.717) is 15.5 Å². The highest BCUT2D eigenvalue weighted by Crippen LogP contribution is 2.54. The molecule has 3 amide bonds. The number of hydrogen-bond donors (Lipinski definition) is 1. The van der Waals surface area contributed by atoms with E-state index in [0.717, 1.165) is 65.0 Å². The molecule has 2 aliphatic rings. The molecule has 0 saturated carbocycles. The van der Waals surface area contributed by atoms with Gasteiger partial charge in [-0.05, 0) is 61.9 Å². The van der Waals surface area contributed by atoms with Crippen LogP contribution in [-0.2, 0) is 27.1 Å². The SMILES string of the molecule is CCN(CC)c1ccc(C2c3sc(=O)n(CC(=O)Nc4cccc(C(F)(F)F)c4)c3SC3C(=O)N(c4ccc([N+](=O)[O-])cc4)C(=O)C32)cc1. The third-order valence-corrected chi connectivity index (χ3v) is 11.1. The molecule has 0 radical (unpaired) electrons. The summed E-state index contributed by atoms with van der Waals surface area (Å²) in [5, 5.41) is 12.9. The number of nitro benzene ring substituents is 1. The van der Waals surface area contributed by atoms with Crippen molar-refractivity contribution in [3.63, 3.8) is 0 Å². The van der Waals surface area contributed by atoms with Gasteiger partial charge in [0.1, 0.15) is 11.8 Å². The lowest BCUT2D eigenvalue weighted by atomic mass is 9.83. The summed E-state index contributed by atoms with van der Waals surface area (Å²) < 4.78 is 40.9. The lowest BCUT2D eigenvalue weighted by Crippen LogP contribution is -2.33. The summed E-state index contributed by atoms with van der Waals surface area (Å²) in [6.07, 6.45) is -4.62. The van der Waals surface area contributed by atoms with Crippen LogP contribution >= 0.6 is 23.1 Å². The zero-order chi connectivity index (χ0) is 35.2. The molecule has 49 heavy (non-hydrogen) atoms. The first kappa shape index (κ1) is 33.9. The Hall–Kier alpha value is -4.96. The van der Waals surface area contributed by atoms with Gasteiger partial charge in [-0.2, -0.15) is 13.2 Å². The zero-order valence-corrected chi connectivity index (χ0v) is 27.6. The molecule has 0 bridgehead atoms. The minimum Gasteiger partial charge on any atom is -0.372 e. The molecular formula is C33H28F3N5O6S2. The van der Waals surface area contributed by atoms with Crippen LogP contribution in [0.5, 0.6) is 0 Å². The molecule has 2 aliphatic heterocycles. The molecule has 3 atom stereocenters. The molecule has 1 N–H and O–H groups in total. The smallest absolute Gasteiger partial charge is 0.372 e. The number of nitrogens with one attached hydrogen (secondary N) is 1. The number of carbonyl (C=O) groups is 3. The van der Waals surface area contributed by atoms with Crippen LogP contribution in [0.2, 0.25) is 0 Å². The second-order valence-corrected chi connectivity index (χ2v) is 13.5. The summed E-state index contributed by atoms with van der Waals surface area (Å²) in [6, 6.07) is 16.7. The van der Waals surface area contributed by atoms with Crippen LogP contribution in [0.4, 0.5) is 35.9 Å². The molecule has 1 fully saturated rings. The Balaban J connectivity index is 1.38. The standard InChI is InChI=1S/C33H28F3N5O6S2/c1-3-38(4-2)21-10-8-18(9-11-21)25-26-27(30(44)40(29(26)43)22-12-14-23(15-13-22)41(46)47)48-31-28(25)49-32(45)39(31)17-24(42)37-20-7-5-6-19(16-20)33(34,35)36/h5-16,25-27H,3-4,17H2,1-2H3,(H,37,42). The maximum absolute atomic E-state index is 14.1. The van der Waals surface area contributed by atoms with Crippen LogP contribution in [0.25, 0.3) is 0 Å². The molecule has 0 aliphatic carbocycles. The molecular weight excluding hydrogens is 684 g/mol. The van der Waals surface area contributed by atoms with Crippen LogP contribution in [0.15, 0.2) is 82.6 Å². The van der Waals surface area contributed by atoms with E-state index in [4.69, 9.17) is 0 Å². The maximum Gasteiger partial charge on any atom is 0.416 e. The average molecular weight is 712 g/mol. The van der Waals surface area contributed by atoms with Crippen molar-refractivity contribution in [3.05, 3.63) is 109 Å². The van der Waals surface area contributed by atoms with Crippen LogP contribution in [-0.4, -0.2) is 45.6 Å². The second kappa shape index (κ2) is 13.2. The van der Waals surface area contributed by atoms with Crippen LogP contribution in [0, 0.1) is 16.0 Å². The van der Waals surface area contributed by atoms with E-state index in [1.165, 1.54) is 34.9 Å². The van der Waals surface area contributed by atoms with Crippen molar-refractivity contribution >= 4 is 63.6 Å². The van der Waals surface area contributed by atoms with Gasteiger partial charge in [0.2, 0.25) is 17.7 Å². The summed E-state index contributed by atoms with van der Waals surface area (Å²) in [5.41, 5.74) is 0.498. The Bertz CT molecular complexity index is 2010. The molecule has 1 aromatic heterocycles. The Kier molecular flexibility index (Phi) is 9.11. The van der Waals surface area contributed by atoms with Crippen molar-refractivity contribution in [1.82, 2.24) is 4.57 Å². The number of amides is 3. The number of thioether (sulfide) groups is 1. The number of fused-ring (bicyclic) bond motifs is 2. The van der Waals surface area contributed by atoms with E-state index in [-0.39, 0.29) is 17.1 Å². The minimum atomic E-state index is -4.62. The predicted molar refractivity (Wildman–Crippen MR) is 179 cm³/mol. The maximum atomic E-state index is 14.1. The fraction of sp³-hybridized carbons (Fsp3) is 0.273. The van der Waals surface area contributed by atoms with Gasteiger partial charge in [0.15, 0.2) is 0 Å². The topological polar surface area (TPSA) is 135 Å². The number of thiazole rings is 1. The number of halogens is 3. The number of hydrogen-bond acceptors (Lipinski definition) is 9. The molecule has 1 saturated heterocycles. The molecule has 16 heteroatoms. The summed E-state index contributed by atoms with van der Waals surface area (Å²) in [4.78, 5) is 68.3. The Morgan fingerprint density at radius 2 is 1.65 bits per heavy atom. The second-order valence-electron chi connectivity index (χ2n) is 11.3. The van der Waals surface area contributed by atoms with Gasteiger partial charge in [0.05, 0.1) is 27.1 Å². The molecule has 3 heterocycles. The van der Waals surface area contributed by atoms with Crippen LogP contribution < -0.4 is 20.0 Å². The highest BCUT2D eigenvalue weighted by atomic mass is 32.2. The first-order valence-electron chi connectivity index (χ1n) is 15.2. The fourth-order valence-electron chi connectivity index (χ4n) is 6.19. The van der Waals surface area contributed by atoms with Gasteiger partial charge in [-0.15, -0.1) is 0 Å². The van der Waals surface area contributed by atoms with Crippen LogP contribution in [0.1, 0.15) is 35.8 Å². The normalized spacial score (nSPS) is 18.6. The van der Waals surface area contributed by atoms with E-state index in [1.54, 1.807) is 0 Å². The highest BCUT2D eigenvalue weighted by Gasteiger charge is 2.57. The number of nitro groups is 1. The number of rotatable bonds is 9. The number of alkyl halides is 3. The van der Waals surface area contributed by atoms with E-state index in [1.807, 2.05) is 38.1 Å². The summed E-state index contributed by atoms with van der Waals surface area (Å²) in [7, 11) is 0. The molecule has 3 aromatic carbocycles. The number of nitrogens with zero attached hydrogens (tertiary/aromatic N) is 4. The van der Waals surface area contributed by atoms with E-state index in [9.17, 15) is 42.5 Å². The number of imide groups is 1. The van der Waals surface area contributed by atoms with E-state index >= 15 is 0 Å². The molecule has 4 aromatic rings. The first-order valence-corrected chi connectivity index (χ1v) is 16.9. The Labute approximate surface area is 285 Å². The molecule has 254 valence electrons. The van der Waals surface area contributed by atoms with Crippen molar-refractivity contribution < 1.29 is 32.5 Å². The summed E-state index contributed by atoms with van der Waals surface area (Å²) in [5.74, 6) is -3.56. The van der Waals surface area contributed by atoms with Gasteiger partial charge < -0.3 is 10.2 Å². The lowest BCUT2D eigenvalue weighted by Gasteiger charge is -2.31. The van der Waals surface area contributed by atoms with Gasteiger partial charge in [-0.3, -0.25) is 33.9 Å². The number of aromatic nitrogens is 1. The molecule has 3 unspecified atom stereocenters. The Morgan fingerprint density at radius 1 is 0.980 bits per heavy atom. The molecule has 0 spiro atoms. The predicted octanol–water partition coefficient (Wildman–Crippen LogP) is 6.12. The van der Waals surface area contributed by atoms with Crippen molar-refractivity contribution in [2.45, 2.75) is 42.8 Å². The van der Waals surface area contributed by atoms with Gasteiger partial charge in [-0.1, -0.05) is 41.3 Å². The molecule has 6 rings (SSSR count). The third-order valence-electron chi connectivity index (χ3n) is 8.52. The van der Waals surface area contributed by atoms with Crippen molar-refractivity contribution in [1.29, 1.82) is 0 Å². The quantitative estimate of drug-likeness (QED) is 0.125. The lowest BCUT2D eigenvalue weighted by molar-refractivity contribution is -0.384. The van der Waals surface area contributed by atoms with Gasteiger partial charge >= 0.3 is 11.0 Å². The Morgan fingerprint density at radius 3 is 2.27 bits per heavy atom. The van der Waals surface area contributed by atoms with Gasteiger partial charge in [0.25, 0.3) is 5.69 Å². The molecule has 11 nitrogen and oxygen atoms in total. The average Bonchev–Trinajstić information content (AvgIpc) is 3.51. The summed E-state index contributed by atoms with van der Waals surface area (Å²) >= 11 is 1.82. The van der Waals surface area contributed by atoms with Crippen molar-refractivity contribution in [3.8, 4) is 0 Å². The first-order chi connectivity index (χ1) is 23.3. The van der Waals surface area contributed by atoms with Crippen molar-refractivity contribution in [2.24, 2.45) is 5.92 Å². The highest BCUT2D eigenvalue weighted by molar-refractivity contribution is 8.00. The third kappa shape index (κ3) is 6.33. The number of anilines is 3.